The molecule has 1 aliphatic carbocycles. The van der Waals surface area contributed by atoms with Crippen LogP contribution in [-0.4, -0.2) is 29.1 Å². The van der Waals surface area contributed by atoms with Crippen molar-refractivity contribution in [1.29, 1.82) is 0 Å². The Labute approximate surface area is 78.5 Å². The third kappa shape index (κ3) is 1.21. The van der Waals surface area contributed by atoms with E-state index in [0.29, 0.717) is 18.1 Å². The maximum absolute atomic E-state index is 11.8. The zero-order chi connectivity index (χ0) is 8.84. The molecule has 0 atom stereocenters. The van der Waals surface area contributed by atoms with Crippen LogP contribution in [0.1, 0.15) is 38.5 Å². The minimum atomic E-state index is 0.215. The Morgan fingerprint density at radius 2 is 1.54 bits per heavy atom. The number of amides is 2. The lowest BCUT2D eigenvalue weighted by Crippen LogP contribution is -2.43. The van der Waals surface area contributed by atoms with E-state index in [-0.39, 0.29) is 6.03 Å². The zero-order valence-corrected chi connectivity index (χ0v) is 7.83. The molecule has 0 radical (unpaired) electrons. The van der Waals surface area contributed by atoms with Crippen molar-refractivity contribution in [2.45, 2.75) is 56.7 Å². The van der Waals surface area contributed by atoms with Gasteiger partial charge in [-0.1, -0.05) is 0 Å². The molecular formula is C10H16N2O. The first-order valence-corrected chi connectivity index (χ1v) is 5.43. The Kier molecular flexibility index (Phi) is 1.55. The third-order valence-electron chi connectivity index (χ3n) is 3.59. The molecule has 3 fully saturated rings. The normalized spacial score (nSPS) is 36.8. The number of rotatable bonds is 1. The molecule has 3 heteroatoms. The molecule has 0 aromatic rings. The van der Waals surface area contributed by atoms with E-state index in [1.54, 1.807) is 0 Å². The van der Waals surface area contributed by atoms with Crippen LogP contribution in [0.15, 0.2) is 0 Å². The van der Waals surface area contributed by atoms with Crippen LogP contribution in [0.25, 0.3) is 0 Å². The molecule has 1 saturated carbocycles. The minimum Gasteiger partial charge on any atom is -0.335 e. The summed E-state index contributed by atoms with van der Waals surface area (Å²) in [5.74, 6) is 0. The number of hydrogen-bond donors (Lipinski definition) is 1. The van der Waals surface area contributed by atoms with Crippen LogP contribution in [0.5, 0.6) is 0 Å². The second-order valence-electron chi connectivity index (χ2n) is 4.59. The Morgan fingerprint density at radius 3 is 2.00 bits per heavy atom. The summed E-state index contributed by atoms with van der Waals surface area (Å²) in [5, 5.41) is 3.08. The first-order valence-electron chi connectivity index (χ1n) is 5.43. The summed E-state index contributed by atoms with van der Waals surface area (Å²) in [6.45, 7) is 0. The summed E-state index contributed by atoms with van der Waals surface area (Å²) in [6.07, 6.45) is 7.33. The van der Waals surface area contributed by atoms with Crippen LogP contribution in [-0.2, 0) is 0 Å². The van der Waals surface area contributed by atoms with Crippen LogP contribution in [0.4, 0.5) is 4.79 Å². The van der Waals surface area contributed by atoms with E-state index in [1.165, 1.54) is 38.5 Å². The second kappa shape index (κ2) is 2.63. The molecule has 0 unspecified atom stereocenters. The van der Waals surface area contributed by atoms with Gasteiger partial charge >= 0.3 is 6.03 Å². The number of nitrogens with zero attached hydrogens (tertiary/aromatic N) is 1. The van der Waals surface area contributed by atoms with Crippen molar-refractivity contribution >= 4 is 6.03 Å². The Bertz CT molecular complexity index is 217. The quantitative estimate of drug-likeness (QED) is 0.651. The van der Waals surface area contributed by atoms with E-state index in [2.05, 4.69) is 10.2 Å². The molecular weight excluding hydrogens is 164 g/mol. The van der Waals surface area contributed by atoms with Gasteiger partial charge in [-0.05, 0) is 38.5 Å². The fourth-order valence-electron chi connectivity index (χ4n) is 2.72. The molecule has 1 N–H and O–H groups in total. The van der Waals surface area contributed by atoms with Gasteiger partial charge in [-0.2, -0.15) is 0 Å². The largest absolute Gasteiger partial charge is 0.335 e. The first kappa shape index (κ1) is 7.65. The van der Waals surface area contributed by atoms with Gasteiger partial charge in [-0.15, -0.1) is 0 Å². The molecule has 3 aliphatic rings. The van der Waals surface area contributed by atoms with E-state index < -0.39 is 0 Å². The Hall–Kier alpha value is -0.730. The fourth-order valence-corrected chi connectivity index (χ4v) is 2.72. The number of nitrogens with one attached hydrogen (secondary N) is 1. The number of carbonyl (C=O) groups excluding carboxylic acids is 1. The van der Waals surface area contributed by atoms with Gasteiger partial charge in [-0.3, -0.25) is 0 Å². The van der Waals surface area contributed by atoms with Gasteiger partial charge in [0, 0.05) is 18.1 Å². The predicted octanol–water partition coefficient (Wildman–Crippen LogP) is 1.49. The molecule has 72 valence electrons. The molecule has 13 heavy (non-hydrogen) atoms. The topological polar surface area (TPSA) is 32.3 Å². The van der Waals surface area contributed by atoms with Crippen LogP contribution in [0, 0.1) is 0 Å². The van der Waals surface area contributed by atoms with Crippen molar-refractivity contribution in [2.75, 3.05) is 0 Å². The van der Waals surface area contributed by atoms with Gasteiger partial charge in [0.25, 0.3) is 0 Å². The fraction of sp³-hybridized carbons (Fsp3) is 0.900. The van der Waals surface area contributed by atoms with Crippen molar-refractivity contribution in [3.05, 3.63) is 0 Å². The smallest absolute Gasteiger partial charge is 0.318 e. The zero-order valence-electron chi connectivity index (χ0n) is 7.83. The van der Waals surface area contributed by atoms with E-state index in [1.807, 2.05) is 0 Å². The molecule has 2 aliphatic heterocycles. The van der Waals surface area contributed by atoms with Crippen LogP contribution in [0.2, 0.25) is 0 Å². The highest BCUT2D eigenvalue weighted by Crippen LogP contribution is 2.37. The summed E-state index contributed by atoms with van der Waals surface area (Å²) in [7, 11) is 0. The number of urea groups is 1. The summed E-state index contributed by atoms with van der Waals surface area (Å²) in [4.78, 5) is 13.9. The number of fused-ring (bicyclic) bond motifs is 2. The molecule has 2 heterocycles. The average Bonchev–Trinajstić information content (AvgIpc) is 2.77. The molecule has 3 rings (SSSR count). The Balaban J connectivity index is 1.66. The minimum absolute atomic E-state index is 0.215. The SMILES string of the molecule is O=C(NC1CC1)N1C2CCC1CC2. The number of carbonyl (C=O) groups is 1. The van der Waals surface area contributed by atoms with Crippen molar-refractivity contribution < 1.29 is 4.79 Å². The molecule has 3 nitrogen and oxygen atoms in total. The van der Waals surface area contributed by atoms with Crippen molar-refractivity contribution in [3.8, 4) is 0 Å². The predicted molar refractivity (Wildman–Crippen MR) is 49.4 cm³/mol. The first-order chi connectivity index (χ1) is 6.34. The number of hydrogen-bond acceptors (Lipinski definition) is 1. The average molecular weight is 180 g/mol. The van der Waals surface area contributed by atoms with E-state index >= 15 is 0 Å². The Morgan fingerprint density at radius 1 is 1.00 bits per heavy atom. The van der Waals surface area contributed by atoms with Crippen LogP contribution in [0.3, 0.4) is 0 Å². The maximum Gasteiger partial charge on any atom is 0.318 e. The summed E-state index contributed by atoms with van der Waals surface area (Å²) < 4.78 is 0. The third-order valence-corrected chi connectivity index (χ3v) is 3.59. The van der Waals surface area contributed by atoms with Gasteiger partial charge in [0.1, 0.15) is 0 Å². The standard InChI is InChI=1S/C10H16N2O/c13-10(11-7-1-2-7)12-8-3-4-9(12)6-5-8/h7-9H,1-6H2,(H,11,13). The highest BCUT2D eigenvalue weighted by molar-refractivity contribution is 5.76. The van der Waals surface area contributed by atoms with E-state index in [4.69, 9.17) is 0 Å². The lowest BCUT2D eigenvalue weighted by Gasteiger charge is -2.22. The van der Waals surface area contributed by atoms with E-state index in [9.17, 15) is 4.79 Å². The van der Waals surface area contributed by atoms with Crippen LogP contribution < -0.4 is 5.32 Å². The van der Waals surface area contributed by atoms with Gasteiger partial charge in [0.2, 0.25) is 0 Å². The van der Waals surface area contributed by atoms with Crippen molar-refractivity contribution in [3.63, 3.8) is 0 Å². The second-order valence-corrected chi connectivity index (χ2v) is 4.59. The monoisotopic (exact) mass is 180 g/mol. The van der Waals surface area contributed by atoms with Crippen molar-refractivity contribution in [2.24, 2.45) is 0 Å². The summed E-state index contributed by atoms with van der Waals surface area (Å²) in [6, 6.07) is 1.87. The molecule has 2 amide bonds. The molecule has 2 saturated heterocycles. The van der Waals surface area contributed by atoms with Gasteiger partial charge in [0.05, 0.1) is 0 Å². The highest BCUT2D eigenvalue weighted by atomic mass is 16.2. The molecule has 0 aromatic heterocycles. The van der Waals surface area contributed by atoms with Gasteiger partial charge in [-0.25, -0.2) is 4.79 Å². The molecule has 0 aromatic carbocycles. The lowest BCUT2D eigenvalue weighted by atomic mass is 10.0. The van der Waals surface area contributed by atoms with Crippen LogP contribution >= 0.6 is 0 Å². The van der Waals surface area contributed by atoms with E-state index in [0.717, 1.165) is 0 Å². The molecule has 0 spiro atoms. The molecule has 2 bridgehead atoms. The summed E-state index contributed by atoms with van der Waals surface area (Å²) >= 11 is 0. The van der Waals surface area contributed by atoms with Crippen molar-refractivity contribution in [1.82, 2.24) is 10.2 Å². The van der Waals surface area contributed by atoms with Gasteiger partial charge in [0.15, 0.2) is 0 Å². The van der Waals surface area contributed by atoms with Gasteiger partial charge < -0.3 is 10.2 Å². The highest BCUT2D eigenvalue weighted by Gasteiger charge is 2.43. The summed E-state index contributed by atoms with van der Waals surface area (Å²) in [5.41, 5.74) is 0. The maximum atomic E-state index is 11.8. The lowest BCUT2D eigenvalue weighted by molar-refractivity contribution is 0.191.